The number of imidazole rings is 1. The normalized spacial score (nSPS) is 11.5. The van der Waals surface area contributed by atoms with Crippen LogP contribution in [-0.2, 0) is 6.54 Å². The lowest BCUT2D eigenvalue weighted by Crippen LogP contribution is -2.11. The molecule has 0 unspecified atom stereocenters. The molecule has 0 amide bonds. The molecule has 0 aliphatic heterocycles. The van der Waals surface area contributed by atoms with Gasteiger partial charge >= 0.3 is 0 Å². The Morgan fingerprint density at radius 3 is 2.82 bits per heavy atom. The number of hydrogen-bond donors (Lipinski definition) is 3. The molecular weight excluding hydrogens is 414 g/mol. The number of hydrogen-bond acceptors (Lipinski definition) is 6. The van der Waals surface area contributed by atoms with Crippen molar-refractivity contribution in [3.63, 3.8) is 0 Å². The Kier molecular flexibility index (Phi) is 4.70. The molecule has 6 aromatic rings. The van der Waals surface area contributed by atoms with Crippen molar-refractivity contribution in [2.75, 3.05) is 6.54 Å². The van der Waals surface area contributed by atoms with Crippen LogP contribution in [-0.4, -0.2) is 36.7 Å². The molecule has 0 fully saturated rings. The van der Waals surface area contributed by atoms with Gasteiger partial charge in [0.25, 0.3) is 0 Å². The van der Waals surface area contributed by atoms with Crippen LogP contribution in [0.15, 0.2) is 71.9 Å². The van der Waals surface area contributed by atoms with Gasteiger partial charge in [-0.3, -0.25) is 15.1 Å². The maximum absolute atomic E-state index is 5.24. The zero-order valence-electron chi connectivity index (χ0n) is 18.0. The van der Waals surface area contributed by atoms with Crippen LogP contribution in [0.4, 0.5) is 0 Å². The van der Waals surface area contributed by atoms with Gasteiger partial charge in [0.15, 0.2) is 5.82 Å². The van der Waals surface area contributed by atoms with Crippen LogP contribution in [0, 0.1) is 0 Å². The molecule has 0 aliphatic carbocycles. The SMILES string of the molecule is CCNCc1cncc(-c2ccc3[nH]nc(-c4nc5c(-c6ccoc6)nccc5[nH]4)c3c2)c1. The van der Waals surface area contributed by atoms with Gasteiger partial charge in [-0.05, 0) is 48.0 Å². The number of H-pyrrole nitrogens is 2. The van der Waals surface area contributed by atoms with Crippen molar-refractivity contribution in [3.05, 3.63) is 73.1 Å². The summed E-state index contributed by atoms with van der Waals surface area (Å²) in [4.78, 5) is 17.2. The fourth-order valence-corrected chi connectivity index (χ4v) is 4.04. The fourth-order valence-electron chi connectivity index (χ4n) is 4.04. The predicted octanol–water partition coefficient (Wildman–Crippen LogP) is 4.93. The number of nitrogens with zero attached hydrogens (tertiary/aromatic N) is 4. The molecule has 5 heterocycles. The van der Waals surface area contributed by atoms with Crippen LogP contribution < -0.4 is 5.32 Å². The second-order valence-corrected chi connectivity index (χ2v) is 7.85. The minimum absolute atomic E-state index is 0.685. The Morgan fingerprint density at radius 2 is 1.94 bits per heavy atom. The van der Waals surface area contributed by atoms with E-state index >= 15 is 0 Å². The molecular formula is C25H21N7O. The third-order valence-electron chi connectivity index (χ3n) is 5.69. The maximum Gasteiger partial charge on any atom is 0.159 e. The average Bonchev–Trinajstić information content (AvgIpc) is 3.61. The number of rotatable bonds is 6. The highest BCUT2D eigenvalue weighted by Crippen LogP contribution is 2.32. The van der Waals surface area contributed by atoms with Gasteiger partial charge in [-0.25, -0.2) is 4.98 Å². The molecule has 8 nitrogen and oxygen atoms in total. The second-order valence-electron chi connectivity index (χ2n) is 7.85. The molecule has 0 radical (unpaired) electrons. The maximum atomic E-state index is 5.24. The van der Waals surface area contributed by atoms with Crippen molar-refractivity contribution in [2.45, 2.75) is 13.5 Å². The minimum atomic E-state index is 0.685. The van der Waals surface area contributed by atoms with E-state index in [9.17, 15) is 0 Å². The molecule has 6 rings (SSSR count). The van der Waals surface area contributed by atoms with E-state index in [1.54, 1.807) is 18.7 Å². The van der Waals surface area contributed by atoms with Gasteiger partial charge in [-0.15, -0.1) is 0 Å². The summed E-state index contributed by atoms with van der Waals surface area (Å²) in [6, 6.07) is 12.2. The molecule has 0 saturated carbocycles. The Hall–Kier alpha value is -4.30. The Morgan fingerprint density at radius 1 is 0.970 bits per heavy atom. The number of benzene rings is 1. The Labute approximate surface area is 189 Å². The van der Waals surface area contributed by atoms with Gasteiger partial charge in [-0.1, -0.05) is 13.0 Å². The number of pyridine rings is 2. The summed E-state index contributed by atoms with van der Waals surface area (Å²) in [7, 11) is 0. The molecule has 0 aliphatic rings. The van der Waals surface area contributed by atoms with Crippen molar-refractivity contribution in [1.29, 1.82) is 0 Å². The van der Waals surface area contributed by atoms with E-state index in [1.807, 2.05) is 30.6 Å². The van der Waals surface area contributed by atoms with Crippen LogP contribution >= 0.6 is 0 Å². The van der Waals surface area contributed by atoms with Crippen LogP contribution in [0.1, 0.15) is 12.5 Å². The number of furan rings is 1. The van der Waals surface area contributed by atoms with Crippen LogP contribution in [0.25, 0.3) is 55.8 Å². The Bertz CT molecular complexity index is 1560. The summed E-state index contributed by atoms with van der Waals surface area (Å²) in [5.74, 6) is 0.685. The van der Waals surface area contributed by atoms with E-state index in [0.717, 1.165) is 68.7 Å². The van der Waals surface area contributed by atoms with Crippen LogP contribution in [0.3, 0.4) is 0 Å². The molecule has 5 aromatic heterocycles. The third-order valence-corrected chi connectivity index (χ3v) is 5.69. The highest BCUT2D eigenvalue weighted by Gasteiger charge is 2.16. The monoisotopic (exact) mass is 435 g/mol. The van der Waals surface area contributed by atoms with Gasteiger partial charge in [-0.2, -0.15) is 5.10 Å². The average molecular weight is 435 g/mol. The molecule has 0 bridgehead atoms. The Balaban J connectivity index is 1.44. The summed E-state index contributed by atoms with van der Waals surface area (Å²) in [6.07, 6.45) is 8.86. The highest BCUT2D eigenvalue weighted by molar-refractivity contribution is 5.97. The molecule has 0 spiro atoms. The summed E-state index contributed by atoms with van der Waals surface area (Å²) in [6.45, 7) is 3.81. The molecule has 1 aromatic carbocycles. The van der Waals surface area contributed by atoms with E-state index in [1.165, 1.54) is 0 Å². The summed E-state index contributed by atoms with van der Waals surface area (Å²) in [5, 5.41) is 12.0. The first kappa shape index (κ1) is 19.4. The quantitative estimate of drug-likeness (QED) is 0.342. The van der Waals surface area contributed by atoms with Gasteiger partial charge in [0.2, 0.25) is 0 Å². The molecule has 0 atom stereocenters. The summed E-state index contributed by atoms with van der Waals surface area (Å²) >= 11 is 0. The molecule has 8 heteroatoms. The van der Waals surface area contributed by atoms with Gasteiger partial charge < -0.3 is 14.7 Å². The molecule has 3 N–H and O–H groups in total. The molecule has 162 valence electrons. The predicted molar refractivity (Wildman–Crippen MR) is 127 cm³/mol. The number of aromatic amines is 2. The van der Waals surface area contributed by atoms with Crippen molar-refractivity contribution in [1.82, 2.24) is 35.5 Å². The van der Waals surface area contributed by atoms with Crippen molar-refractivity contribution < 1.29 is 4.42 Å². The zero-order valence-corrected chi connectivity index (χ0v) is 18.0. The summed E-state index contributed by atoms with van der Waals surface area (Å²) < 4.78 is 5.24. The number of aromatic nitrogens is 6. The van der Waals surface area contributed by atoms with E-state index in [0.29, 0.717) is 5.82 Å². The zero-order chi connectivity index (χ0) is 22.2. The standard InChI is InChI=1S/C25H21N7O/c1-2-26-11-15-9-18(13-27-12-15)16-3-4-20-19(10-16)23(32-31-20)25-29-21-5-7-28-22(24(21)30-25)17-6-8-33-14-17/h3-10,12-14,26H,2,11H2,1H3,(H,29,30)(H,31,32). The second kappa shape index (κ2) is 7.99. The smallest absolute Gasteiger partial charge is 0.159 e. The van der Waals surface area contributed by atoms with Gasteiger partial charge in [0, 0.05) is 41.6 Å². The number of fused-ring (bicyclic) bond motifs is 2. The van der Waals surface area contributed by atoms with E-state index in [2.05, 4.69) is 55.6 Å². The lowest BCUT2D eigenvalue weighted by Gasteiger charge is -2.06. The van der Waals surface area contributed by atoms with E-state index < -0.39 is 0 Å². The lowest BCUT2D eigenvalue weighted by molar-refractivity contribution is 0.568. The van der Waals surface area contributed by atoms with Gasteiger partial charge in [0.1, 0.15) is 16.9 Å². The molecule has 33 heavy (non-hydrogen) atoms. The topological polar surface area (TPSA) is 108 Å². The van der Waals surface area contributed by atoms with Gasteiger partial charge in [0.05, 0.1) is 23.6 Å². The summed E-state index contributed by atoms with van der Waals surface area (Å²) in [5.41, 5.74) is 8.33. The van der Waals surface area contributed by atoms with Crippen molar-refractivity contribution in [3.8, 4) is 33.9 Å². The number of nitrogens with one attached hydrogen (secondary N) is 3. The minimum Gasteiger partial charge on any atom is -0.472 e. The largest absolute Gasteiger partial charge is 0.472 e. The fraction of sp³-hybridized carbons (Fsp3) is 0.120. The third kappa shape index (κ3) is 3.46. The first-order chi connectivity index (χ1) is 16.3. The van der Waals surface area contributed by atoms with E-state index in [-0.39, 0.29) is 0 Å². The lowest BCUT2D eigenvalue weighted by atomic mass is 10.0. The highest BCUT2D eigenvalue weighted by atomic mass is 16.3. The van der Waals surface area contributed by atoms with Crippen molar-refractivity contribution in [2.24, 2.45) is 0 Å². The molecule has 0 saturated heterocycles. The van der Waals surface area contributed by atoms with E-state index in [4.69, 9.17) is 9.40 Å². The van der Waals surface area contributed by atoms with Crippen LogP contribution in [0.5, 0.6) is 0 Å². The first-order valence-electron chi connectivity index (χ1n) is 10.8. The first-order valence-corrected chi connectivity index (χ1v) is 10.8. The van der Waals surface area contributed by atoms with Crippen LogP contribution in [0.2, 0.25) is 0 Å². The van der Waals surface area contributed by atoms with Crippen molar-refractivity contribution >= 4 is 21.9 Å².